The number of benzene rings is 4. The molecule has 0 atom stereocenters. The van der Waals surface area contributed by atoms with Crippen LogP contribution in [0.2, 0.25) is 0 Å². The third kappa shape index (κ3) is 6.38. The van der Waals surface area contributed by atoms with Crippen molar-refractivity contribution in [1.29, 1.82) is 0 Å². The van der Waals surface area contributed by atoms with Gasteiger partial charge in [0.2, 0.25) is 19.5 Å². The summed E-state index contributed by atoms with van der Waals surface area (Å²) in [5, 5.41) is 6.47. The summed E-state index contributed by atoms with van der Waals surface area (Å²) in [5.74, 6) is 2.29. The van der Waals surface area contributed by atoms with Crippen LogP contribution in [0.5, 0.6) is 28.7 Å². The van der Waals surface area contributed by atoms with Gasteiger partial charge < -0.3 is 34.3 Å². The topological polar surface area (TPSA) is 139 Å². The number of thioether (sulfide) groups is 1. The molecule has 4 aromatic carbocycles. The van der Waals surface area contributed by atoms with Gasteiger partial charge in [-0.1, -0.05) is 42.1 Å². The molecular weight excluding hydrogens is 624 g/mol. The van der Waals surface area contributed by atoms with E-state index in [1.165, 1.54) is 11.7 Å². The van der Waals surface area contributed by atoms with Gasteiger partial charge >= 0.3 is 0 Å². The third-order valence-corrected chi connectivity index (χ3v) is 8.55. The number of hydrogen-bond acceptors (Lipinski definition) is 10. The van der Waals surface area contributed by atoms with Crippen molar-refractivity contribution in [2.75, 3.05) is 31.8 Å². The number of amides is 2. The first-order chi connectivity index (χ1) is 22.9. The first kappa shape index (κ1) is 30.0. The van der Waals surface area contributed by atoms with E-state index in [4.69, 9.17) is 28.7 Å². The Bertz CT molecular complexity index is 2070. The standard InChI is InChI=1S/C34H28N4O8S/c1-42-26-5-3-2-4-24(26)36-31(39)17-47-34-37-25-14-30-29(45-19-46-30)13-23(25)33(41)38(34)16-20-6-9-22(10-7-20)32(40)35-15-21-8-11-27-28(12-21)44-18-43-27/h2-14H,15-19H2,1H3,(H,35,40)(H,36,39). The van der Waals surface area contributed by atoms with Crippen molar-refractivity contribution in [2.45, 2.75) is 18.2 Å². The third-order valence-electron chi connectivity index (χ3n) is 7.57. The molecule has 0 saturated heterocycles. The lowest BCUT2D eigenvalue weighted by Crippen LogP contribution is -2.25. The lowest BCUT2D eigenvalue weighted by atomic mass is 10.1. The number of methoxy groups -OCH3 is 1. The number of anilines is 1. The van der Waals surface area contributed by atoms with Gasteiger partial charge in [0.1, 0.15) is 5.75 Å². The highest BCUT2D eigenvalue weighted by Crippen LogP contribution is 2.35. The molecule has 2 amide bonds. The van der Waals surface area contributed by atoms with Gasteiger partial charge in [0, 0.05) is 18.2 Å². The van der Waals surface area contributed by atoms with Crippen LogP contribution in [-0.2, 0) is 17.9 Å². The molecule has 3 heterocycles. The number of ether oxygens (including phenoxy) is 5. The summed E-state index contributed by atoms with van der Waals surface area (Å²) in [6, 6.07) is 22.9. The molecule has 13 heteroatoms. The van der Waals surface area contributed by atoms with Gasteiger partial charge in [-0.2, -0.15) is 0 Å². The van der Waals surface area contributed by atoms with Crippen LogP contribution >= 0.6 is 11.8 Å². The van der Waals surface area contributed by atoms with E-state index < -0.39 is 0 Å². The van der Waals surface area contributed by atoms with Gasteiger partial charge in [0.25, 0.3) is 11.5 Å². The molecule has 0 spiro atoms. The molecule has 5 aromatic rings. The summed E-state index contributed by atoms with van der Waals surface area (Å²) in [5.41, 5.74) is 2.78. The van der Waals surface area contributed by atoms with Gasteiger partial charge in [-0.15, -0.1) is 0 Å². The highest BCUT2D eigenvalue weighted by molar-refractivity contribution is 7.99. The van der Waals surface area contributed by atoms with Gasteiger partial charge in [0.15, 0.2) is 28.2 Å². The second-order valence-electron chi connectivity index (χ2n) is 10.6. The van der Waals surface area contributed by atoms with Crippen LogP contribution in [0.25, 0.3) is 10.9 Å². The smallest absolute Gasteiger partial charge is 0.262 e. The molecule has 1 aromatic heterocycles. The van der Waals surface area contributed by atoms with E-state index in [-0.39, 0.29) is 43.3 Å². The van der Waals surface area contributed by atoms with Crippen molar-refractivity contribution in [3.8, 4) is 28.7 Å². The number of para-hydroxylation sites is 2. The lowest BCUT2D eigenvalue weighted by Gasteiger charge is -2.14. The molecule has 0 bridgehead atoms. The SMILES string of the molecule is COc1ccccc1NC(=O)CSc1nc2cc3c(cc2c(=O)n1Cc1ccc(C(=O)NCc2ccc4c(c2)OCO4)cc1)OCO3. The maximum Gasteiger partial charge on any atom is 0.262 e. The molecule has 0 fully saturated rings. The predicted octanol–water partition coefficient (Wildman–Crippen LogP) is 4.57. The quantitative estimate of drug-likeness (QED) is 0.163. The highest BCUT2D eigenvalue weighted by Gasteiger charge is 2.21. The van der Waals surface area contributed by atoms with E-state index in [0.29, 0.717) is 62.6 Å². The zero-order valence-electron chi connectivity index (χ0n) is 25.1. The monoisotopic (exact) mass is 652 g/mol. The van der Waals surface area contributed by atoms with E-state index in [1.54, 1.807) is 54.6 Å². The second-order valence-corrected chi connectivity index (χ2v) is 11.6. The fourth-order valence-electron chi connectivity index (χ4n) is 5.18. The number of rotatable bonds is 10. The molecule has 2 aliphatic rings. The second kappa shape index (κ2) is 13.0. The summed E-state index contributed by atoms with van der Waals surface area (Å²) in [4.78, 5) is 44.4. The number of aromatic nitrogens is 2. The zero-order valence-corrected chi connectivity index (χ0v) is 25.9. The molecule has 2 aliphatic heterocycles. The van der Waals surface area contributed by atoms with Crippen LogP contribution in [0.1, 0.15) is 21.5 Å². The minimum absolute atomic E-state index is 0.0109. The van der Waals surface area contributed by atoms with E-state index in [2.05, 4.69) is 10.6 Å². The van der Waals surface area contributed by atoms with Crippen molar-refractivity contribution in [1.82, 2.24) is 14.9 Å². The Labute approximate surface area is 272 Å². The van der Waals surface area contributed by atoms with Crippen LogP contribution < -0.4 is 39.9 Å². The average molecular weight is 653 g/mol. The highest BCUT2D eigenvalue weighted by atomic mass is 32.2. The largest absolute Gasteiger partial charge is 0.495 e. The van der Waals surface area contributed by atoms with Crippen molar-refractivity contribution >= 4 is 40.2 Å². The van der Waals surface area contributed by atoms with Crippen molar-refractivity contribution in [3.05, 3.63) is 106 Å². The Kier molecular flexibility index (Phi) is 8.27. The zero-order chi connectivity index (χ0) is 32.3. The van der Waals surface area contributed by atoms with Crippen molar-refractivity contribution in [2.24, 2.45) is 0 Å². The molecule has 12 nitrogen and oxygen atoms in total. The fourth-order valence-corrected chi connectivity index (χ4v) is 5.98. The molecule has 2 N–H and O–H groups in total. The molecule has 0 unspecified atom stereocenters. The summed E-state index contributed by atoms with van der Waals surface area (Å²) >= 11 is 1.14. The molecule has 0 saturated carbocycles. The molecule has 0 radical (unpaired) electrons. The number of carbonyl (C=O) groups excluding carboxylic acids is 2. The van der Waals surface area contributed by atoms with E-state index in [1.807, 2.05) is 24.3 Å². The maximum absolute atomic E-state index is 13.9. The number of nitrogens with zero attached hydrogens (tertiary/aromatic N) is 2. The van der Waals surface area contributed by atoms with Crippen LogP contribution in [-0.4, -0.2) is 47.8 Å². The number of hydrogen-bond donors (Lipinski definition) is 2. The Balaban J connectivity index is 1.09. The number of fused-ring (bicyclic) bond motifs is 3. The van der Waals surface area contributed by atoms with Gasteiger partial charge in [0.05, 0.1) is 36.0 Å². The van der Waals surface area contributed by atoms with Crippen LogP contribution in [0.3, 0.4) is 0 Å². The minimum atomic E-state index is -0.300. The van der Waals surface area contributed by atoms with Crippen LogP contribution in [0, 0.1) is 0 Å². The summed E-state index contributed by atoms with van der Waals surface area (Å²) in [6.07, 6.45) is 0. The molecule has 7 rings (SSSR count). The van der Waals surface area contributed by atoms with Crippen LogP contribution in [0.15, 0.2) is 88.8 Å². The predicted molar refractivity (Wildman–Crippen MR) is 174 cm³/mol. The maximum atomic E-state index is 13.9. The van der Waals surface area contributed by atoms with Gasteiger partial charge in [-0.05, 0) is 53.6 Å². The minimum Gasteiger partial charge on any atom is -0.495 e. The van der Waals surface area contributed by atoms with Crippen LogP contribution in [0.4, 0.5) is 5.69 Å². The van der Waals surface area contributed by atoms with E-state index in [0.717, 1.165) is 22.9 Å². The summed E-state index contributed by atoms with van der Waals surface area (Å²) in [7, 11) is 1.53. The summed E-state index contributed by atoms with van der Waals surface area (Å²) in [6.45, 7) is 0.718. The lowest BCUT2D eigenvalue weighted by molar-refractivity contribution is -0.113. The summed E-state index contributed by atoms with van der Waals surface area (Å²) < 4.78 is 28.6. The van der Waals surface area contributed by atoms with Gasteiger partial charge in [-0.3, -0.25) is 19.0 Å². The molecule has 238 valence electrons. The first-order valence-corrected chi connectivity index (χ1v) is 15.6. The molecular formula is C34H28N4O8S. The number of carbonyl (C=O) groups is 2. The van der Waals surface area contributed by atoms with Crippen molar-refractivity contribution in [3.63, 3.8) is 0 Å². The van der Waals surface area contributed by atoms with Crippen molar-refractivity contribution < 1.29 is 33.3 Å². The average Bonchev–Trinajstić information content (AvgIpc) is 3.76. The Morgan fingerprint density at radius 2 is 1.57 bits per heavy atom. The fraction of sp³-hybridized carbons (Fsp3) is 0.176. The Hall–Kier alpha value is -5.69. The number of nitrogens with one attached hydrogen (secondary N) is 2. The molecule has 47 heavy (non-hydrogen) atoms. The normalized spacial score (nSPS) is 12.6. The Morgan fingerprint density at radius 1 is 0.872 bits per heavy atom. The van der Waals surface area contributed by atoms with E-state index in [9.17, 15) is 14.4 Å². The first-order valence-electron chi connectivity index (χ1n) is 14.6. The van der Waals surface area contributed by atoms with E-state index >= 15 is 0 Å². The Morgan fingerprint density at radius 3 is 2.36 bits per heavy atom. The molecule has 0 aliphatic carbocycles. The van der Waals surface area contributed by atoms with Gasteiger partial charge in [-0.25, -0.2) is 4.98 Å².